The molecule has 0 heterocycles. The molecule has 0 aromatic rings. The van der Waals surface area contributed by atoms with Crippen molar-refractivity contribution in [3.8, 4) is 0 Å². The Bertz CT molecular complexity index is 1500. The van der Waals surface area contributed by atoms with Crippen LogP contribution in [-0.4, -0.2) is 37.2 Å². The van der Waals surface area contributed by atoms with Gasteiger partial charge in [-0.3, -0.25) is 14.4 Å². The second kappa shape index (κ2) is 67.1. The highest BCUT2D eigenvalue weighted by Crippen LogP contribution is 2.18. The SMILES string of the molecule is CC/C=C\C/C=C\C/C=C\C/C=C\C/C=C\C/C=C\CCCCC(=O)OC(COC(=O)CCCCCCC/C=C\CCCCC)COC(=O)CCCCCCCCCCCCCCCCCCCCCCCCCCCCCC. The van der Waals surface area contributed by atoms with Gasteiger partial charge in [0.05, 0.1) is 0 Å². The van der Waals surface area contributed by atoms with Crippen molar-refractivity contribution in [2.24, 2.45) is 0 Å². The summed E-state index contributed by atoms with van der Waals surface area (Å²) in [5.41, 5.74) is 0. The van der Waals surface area contributed by atoms with Crippen LogP contribution >= 0.6 is 0 Å². The Morgan fingerprint density at radius 3 is 0.835 bits per heavy atom. The van der Waals surface area contributed by atoms with Crippen molar-refractivity contribution < 1.29 is 28.6 Å². The molecule has 0 aromatic heterocycles. The average Bonchev–Trinajstić information content (AvgIpc) is 3.45. The van der Waals surface area contributed by atoms with E-state index in [1.165, 1.54) is 199 Å². The number of carbonyl (C=O) groups is 3. The maximum atomic E-state index is 12.9. The average molecular weight is 1100 g/mol. The molecule has 0 radical (unpaired) electrons. The van der Waals surface area contributed by atoms with E-state index >= 15 is 0 Å². The van der Waals surface area contributed by atoms with Gasteiger partial charge in [0, 0.05) is 19.3 Å². The number of esters is 3. The molecule has 0 aliphatic heterocycles. The van der Waals surface area contributed by atoms with Crippen LogP contribution < -0.4 is 0 Å². The minimum Gasteiger partial charge on any atom is -0.462 e. The summed E-state index contributed by atoms with van der Waals surface area (Å²) in [6, 6.07) is 0. The standard InChI is InChI=1S/C73H128O6/c1-4-7-10-13-16-19-22-25-27-29-31-33-34-35-36-37-38-39-41-42-44-46-48-51-54-57-60-63-66-72(75)78-69-70(68-77-71(74)65-62-59-56-53-50-24-21-18-15-12-9-6-3)79-73(76)67-64-61-58-55-52-49-47-45-43-40-32-30-28-26-23-20-17-14-11-8-5-2/h8,11,17-18,20-21,26,28,32,40,45,47,52,55,70H,4-7,9-10,12-16,19,22-25,27,29-31,33-39,41-44,46,48-51,53-54,56-69H2,1-3H3/b11-8-,20-17-,21-18-,28-26-,40-32-,47-45-,55-52-. The lowest BCUT2D eigenvalue weighted by Gasteiger charge is -2.18. The third kappa shape index (κ3) is 65.3. The fraction of sp³-hybridized carbons (Fsp3) is 0.767. The molecule has 0 aliphatic rings. The minimum atomic E-state index is -0.803. The van der Waals surface area contributed by atoms with Crippen LogP contribution in [0.5, 0.6) is 0 Å². The molecule has 1 atom stereocenters. The molecule has 6 nitrogen and oxygen atoms in total. The lowest BCUT2D eigenvalue weighted by Crippen LogP contribution is -2.30. The van der Waals surface area contributed by atoms with Gasteiger partial charge in [-0.15, -0.1) is 0 Å². The zero-order valence-electron chi connectivity index (χ0n) is 52.4. The molecule has 0 aromatic carbocycles. The highest BCUT2D eigenvalue weighted by atomic mass is 16.6. The van der Waals surface area contributed by atoms with E-state index in [-0.39, 0.29) is 37.5 Å². The van der Waals surface area contributed by atoms with Gasteiger partial charge >= 0.3 is 17.9 Å². The van der Waals surface area contributed by atoms with Crippen LogP contribution in [0, 0.1) is 0 Å². The second-order valence-corrected chi connectivity index (χ2v) is 22.7. The maximum absolute atomic E-state index is 12.9. The second-order valence-electron chi connectivity index (χ2n) is 22.7. The van der Waals surface area contributed by atoms with Crippen molar-refractivity contribution in [2.45, 2.75) is 348 Å². The molecule has 0 saturated carbocycles. The molecule has 0 bridgehead atoms. The predicted molar refractivity (Wildman–Crippen MR) is 344 cm³/mol. The zero-order valence-corrected chi connectivity index (χ0v) is 52.4. The Morgan fingerprint density at radius 2 is 0.494 bits per heavy atom. The summed E-state index contributed by atoms with van der Waals surface area (Å²) in [6.45, 7) is 6.50. The van der Waals surface area contributed by atoms with Crippen LogP contribution in [0.25, 0.3) is 0 Å². The van der Waals surface area contributed by atoms with Crippen LogP contribution in [0.1, 0.15) is 342 Å². The number of allylic oxidation sites excluding steroid dienone is 14. The molecule has 0 aliphatic carbocycles. The first kappa shape index (κ1) is 75.6. The summed E-state index contributed by atoms with van der Waals surface area (Å²) in [5, 5.41) is 0. The van der Waals surface area contributed by atoms with E-state index in [4.69, 9.17) is 14.2 Å². The summed E-state index contributed by atoms with van der Waals surface area (Å²) in [4.78, 5) is 38.3. The number of ether oxygens (including phenoxy) is 3. The Kier molecular flexibility index (Phi) is 64.2. The van der Waals surface area contributed by atoms with Gasteiger partial charge in [0.25, 0.3) is 0 Å². The van der Waals surface area contributed by atoms with E-state index in [1.807, 2.05) is 0 Å². The Balaban J connectivity index is 4.27. The smallest absolute Gasteiger partial charge is 0.306 e. The summed E-state index contributed by atoms with van der Waals surface area (Å²) >= 11 is 0. The van der Waals surface area contributed by atoms with E-state index in [9.17, 15) is 14.4 Å². The van der Waals surface area contributed by atoms with E-state index in [0.717, 1.165) is 96.3 Å². The largest absolute Gasteiger partial charge is 0.462 e. The molecule has 0 spiro atoms. The summed E-state index contributed by atoms with van der Waals surface area (Å²) in [6.07, 6.45) is 89.1. The summed E-state index contributed by atoms with van der Waals surface area (Å²) < 4.78 is 16.9. The Morgan fingerprint density at radius 1 is 0.266 bits per heavy atom. The maximum Gasteiger partial charge on any atom is 0.306 e. The molecule has 79 heavy (non-hydrogen) atoms. The Labute approximate surface area is 490 Å². The lowest BCUT2D eigenvalue weighted by molar-refractivity contribution is -0.167. The normalized spacial score (nSPS) is 12.6. The summed E-state index contributed by atoms with van der Waals surface area (Å²) in [5.74, 6) is -0.934. The van der Waals surface area contributed by atoms with Crippen molar-refractivity contribution in [2.75, 3.05) is 13.2 Å². The van der Waals surface area contributed by atoms with Crippen LogP contribution in [-0.2, 0) is 28.6 Å². The minimum absolute atomic E-state index is 0.0943. The number of unbranched alkanes of at least 4 members (excludes halogenated alkanes) is 37. The molecule has 6 heteroatoms. The third-order valence-electron chi connectivity index (χ3n) is 14.9. The third-order valence-corrected chi connectivity index (χ3v) is 14.9. The molecule has 1 unspecified atom stereocenters. The van der Waals surface area contributed by atoms with Gasteiger partial charge in [-0.25, -0.2) is 0 Å². The van der Waals surface area contributed by atoms with Gasteiger partial charge in [-0.05, 0) is 96.3 Å². The first-order chi connectivity index (χ1) is 39.0. The highest BCUT2D eigenvalue weighted by Gasteiger charge is 2.19. The fourth-order valence-electron chi connectivity index (χ4n) is 9.80. The molecule has 0 rings (SSSR count). The van der Waals surface area contributed by atoms with Crippen LogP contribution in [0.3, 0.4) is 0 Å². The summed E-state index contributed by atoms with van der Waals surface area (Å²) in [7, 11) is 0. The molecule has 0 saturated heterocycles. The zero-order chi connectivity index (χ0) is 57.1. The molecule has 0 N–H and O–H groups in total. The van der Waals surface area contributed by atoms with Gasteiger partial charge < -0.3 is 14.2 Å². The fourth-order valence-corrected chi connectivity index (χ4v) is 9.80. The van der Waals surface area contributed by atoms with Gasteiger partial charge in [-0.2, -0.15) is 0 Å². The number of carbonyl (C=O) groups excluding carboxylic acids is 3. The van der Waals surface area contributed by atoms with Crippen LogP contribution in [0.15, 0.2) is 85.1 Å². The van der Waals surface area contributed by atoms with Crippen molar-refractivity contribution in [3.63, 3.8) is 0 Å². The van der Waals surface area contributed by atoms with Gasteiger partial charge in [-0.1, -0.05) is 311 Å². The first-order valence-corrected chi connectivity index (χ1v) is 34.1. The molecular formula is C73H128O6. The molecule has 0 fully saturated rings. The predicted octanol–water partition coefficient (Wildman–Crippen LogP) is 23.4. The van der Waals surface area contributed by atoms with Gasteiger partial charge in [0.2, 0.25) is 0 Å². The number of rotatable bonds is 62. The topological polar surface area (TPSA) is 78.9 Å². The van der Waals surface area contributed by atoms with Crippen molar-refractivity contribution in [1.82, 2.24) is 0 Å². The van der Waals surface area contributed by atoms with Crippen molar-refractivity contribution >= 4 is 17.9 Å². The number of hydrogen-bond acceptors (Lipinski definition) is 6. The van der Waals surface area contributed by atoms with Gasteiger partial charge in [0.15, 0.2) is 6.10 Å². The quantitative estimate of drug-likeness (QED) is 0.0261. The monoisotopic (exact) mass is 1100 g/mol. The van der Waals surface area contributed by atoms with Gasteiger partial charge in [0.1, 0.15) is 13.2 Å². The van der Waals surface area contributed by atoms with E-state index in [1.54, 1.807) is 0 Å². The first-order valence-electron chi connectivity index (χ1n) is 34.1. The van der Waals surface area contributed by atoms with Crippen molar-refractivity contribution in [1.29, 1.82) is 0 Å². The van der Waals surface area contributed by atoms with E-state index in [0.29, 0.717) is 19.3 Å². The molecule has 456 valence electrons. The highest BCUT2D eigenvalue weighted by molar-refractivity contribution is 5.71. The van der Waals surface area contributed by atoms with Crippen molar-refractivity contribution in [3.05, 3.63) is 85.1 Å². The van der Waals surface area contributed by atoms with E-state index in [2.05, 4.69) is 106 Å². The molecular weight excluding hydrogens is 973 g/mol. The Hall–Kier alpha value is -3.41. The lowest BCUT2D eigenvalue weighted by atomic mass is 10.0. The molecule has 0 amide bonds. The van der Waals surface area contributed by atoms with Crippen LogP contribution in [0.2, 0.25) is 0 Å². The number of hydrogen-bond donors (Lipinski definition) is 0. The van der Waals surface area contributed by atoms with Crippen LogP contribution in [0.4, 0.5) is 0 Å². The van der Waals surface area contributed by atoms with E-state index < -0.39 is 6.10 Å².